The Labute approximate surface area is 192 Å². The van der Waals surface area contributed by atoms with Gasteiger partial charge in [-0.05, 0) is 37.1 Å². The number of fused-ring (bicyclic) bond motifs is 1. The number of carbonyl (C=O) groups excluding carboxylic acids is 3. The fraction of sp³-hybridized carbons (Fsp3) is 0.333. The molecule has 3 N–H and O–H groups in total. The first kappa shape index (κ1) is 23.8. The summed E-state index contributed by atoms with van der Waals surface area (Å²) in [5.41, 5.74) is 6.87. The number of rotatable bonds is 8. The molecule has 0 aliphatic carbocycles. The zero-order valence-electron chi connectivity index (χ0n) is 19.2. The average Bonchev–Trinajstić information content (AvgIpc) is 3.11. The molecule has 0 aliphatic heterocycles. The summed E-state index contributed by atoms with van der Waals surface area (Å²) >= 11 is 0. The summed E-state index contributed by atoms with van der Waals surface area (Å²) < 4.78 is 7.34. The van der Waals surface area contributed by atoms with E-state index in [0.29, 0.717) is 23.7 Å². The van der Waals surface area contributed by atoms with E-state index in [1.54, 1.807) is 38.1 Å². The molecule has 3 amide bonds. The number of carbonyl (C=O) groups is 3. The van der Waals surface area contributed by atoms with Gasteiger partial charge in [0.05, 0.1) is 29.6 Å². The first-order valence-corrected chi connectivity index (χ1v) is 10.8. The van der Waals surface area contributed by atoms with E-state index in [4.69, 9.17) is 4.74 Å². The average molecular weight is 452 g/mol. The maximum Gasteiger partial charge on any atom is 0.261 e. The van der Waals surface area contributed by atoms with Crippen molar-refractivity contribution in [3.63, 3.8) is 0 Å². The largest absolute Gasteiger partial charge is 0.493 e. The highest BCUT2D eigenvalue weighted by atomic mass is 16.5. The van der Waals surface area contributed by atoms with Gasteiger partial charge in [0, 0.05) is 7.05 Å². The topological polar surface area (TPSA) is 114 Å². The maximum absolute atomic E-state index is 12.8. The number of aryl methyl sites for hydroxylation is 1. The van der Waals surface area contributed by atoms with E-state index in [9.17, 15) is 14.4 Å². The van der Waals surface area contributed by atoms with Gasteiger partial charge in [-0.25, -0.2) is 4.98 Å². The molecule has 0 saturated carbocycles. The fourth-order valence-corrected chi connectivity index (χ4v) is 3.44. The third kappa shape index (κ3) is 5.68. The normalized spacial score (nSPS) is 11.8. The Balaban J connectivity index is 1.61. The molecule has 9 heteroatoms. The minimum absolute atomic E-state index is 0.00804. The molecule has 1 atom stereocenters. The Morgan fingerprint density at radius 1 is 1.03 bits per heavy atom. The maximum atomic E-state index is 12.8. The number of imidazole rings is 1. The van der Waals surface area contributed by atoms with Gasteiger partial charge in [-0.15, -0.1) is 0 Å². The fourth-order valence-electron chi connectivity index (χ4n) is 3.44. The van der Waals surface area contributed by atoms with Crippen LogP contribution in [0.4, 0.5) is 0 Å². The van der Waals surface area contributed by atoms with Gasteiger partial charge in [-0.3, -0.25) is 25.2 Å². The number of para-hydroxylation sites is 3. The molecular formula is C24H29N5O4. The van der Waals surface area contributed by atoms with Gasteiger partial charge in [-0.2, -0.15) is 0 Å². The third-order valence-electron chi connectivity index (χ3n) is 5.19. The van der Waals surface area contributed by atoms with Crippen LogP contribution in [0.3, 0.4) is 0 Å². The molecule has 33 heavy (non-hydrogen) atoms. The second-order valence-electron chi connectivity index (χ2n) is 7.91. The van der Waals surface area contributed by atoms with Crippen LogP contribution in [0.1, 0.15) is 37.0 Å². The van der Waals surface area contributed by atoms with Crippen molar-refractivity contribution in [1.29, 1.82) is 0 Å². The second-order valence-corrected chi connectivity index (χ2v) is 7.91. The van der Waals surface area contributed by atoms with Gasteiger partial charge < -0.3 is 14.6 Å². The minimum atomic E-state index is -0.858. The Kier molecular flexibility index (Phi) is 7.66. The molecule has 2 aromatic carbocycles. The van der Waals surface area contributed by atoms with Crippen molar-refractivity contribution in [1.82, 2.24) is 25.7 Å². The molecule has 0 aliphatic rings. The van der Waals surface area contributed by atoms with Crippen molar-refractivity contribution in [2.75, 3.05) is 6.61 Å². The van der Waals surface area contributed by atoms with E-state index in [2.05, 4.69) is 21.2 Å². The Morgan fingerprint density at radius 2 is 1.73 bits per heavy atom. The van der Waals surface area contributed by atoms with Crippen LogP contribution in [-0.4, -0.2) is 39.9 Å². The van der Waals surface area contributed by atoms with Crippen LogP contribution in [0.25, 0.3) is 11.0 Å². The standard InChI is InChI=1S/C24H29N5O4/c1-5-33-19-13-9-6-10-16(19)23(31)26-22(15(2)3)24(32)28-27-21(30)14-20-25-17-11-7-8-12-18(17)29(20)4/h6-13,15,22H,5,14H2,1-4H3,(H,26,31)(H,27,30)(H,28,32)/t22-/m1/s1. The SMILES string of the molecule is CCOc1ccccc1C(=O)N[C@@H](C(=O)NNC(=O)Cc1nc2ccccc2n1C)C(C)C. The molecule has 3 aromatic rings. The summed E-state index contributed by atoms with van der Waals surface area (Å²) in [6, 6.07) is 13.6. The minimum Gasteiger partial charge on any atom is -0.493 e. The van der Waals surface area contributed by atoms with Crippen LogP contribution in [0.15, 0.2) is 48.5 Å². The Morgan fingerprint density at radius 3 is 2.42 bits per heavy atom. The third-order valence-corrected chi connectivity index (χ3v) is 5.19. The number of aromatic nitrogens is 2. The highest BCUT2D eigenvalue weighted by Crippen LogP contribution is 2.18. The molecule has 0 spiro atoms. The summed E-state index contributed by atoms with van der Waals surface area (Å²) in [5, 5.41) is 2.73. The Hall–Kier alpha value is -3.88. The van der Waals surface area contributed by atoms with E-state index in [1.165, 1.54) is 0 Å². The zero-order valence-corrected chi connectivity index (χ0v) is 19.2. The molecule has 174 valence electrons. The van der Waals surface area contributed by atoms with Crippen LogP contribution >= 0.6 is 0 Å². The van der Waals surface area contributed by atoms with Crippen LogP contribution in [0.2, 0.25) is 0 Å². The number of hydrazine groups is 1. The predicted octanol–water partition coefficient (Wildman–Crippen LogP) is 2.12. The number of amides is 3. The number of nitrogens with zero attached hydrogens (tertiary/aromatic N) is 2. The molecule has 0 fully saturated rings. The molecule has 3 rings (SSSR count). The van der Waals surface area contributed by atoms with E-state index in [0.717, 1.165) is 11.0 Å². The lowest BCUT2D eigenvalue weighted by atomic mass is 10.0. The number of nitrogens with one attached hydrogen (secondary N) is 3. The molecule has 1 aromatic heterocycles. The van der Waals surface area contributed by atoms with Gasteiger partial charge in [-0.1, -0.05) is 38.1 Å². The van der Waals surface area contributed by atoms with Gasteiger partial charge in [0.2, 0.25) is 5.91 Å². The van der Waals surface area contributed by atoms with Crippen molar-refractivity contribution >= 4 is 28.8 Å². The molecule has 0 unspecified atom stereocenters. The van der Waals surface area contributed by atoms with Crippen LogP contribution < -0.4 is 20.9 Å². The van der Waals surface area contributed by atoms with Crippen molar-refractivity contribution in [3.8, 4) is 5.75 Å². The summed E-state index contributed by atoms with van der Waals surface area (Å²) in [5.74, 6) is -0.577. The molecule has 0 bridgehead atoms. The zero-order chi connectivity index (χ0) is 24.0. The molecule has 0 radical (unpaired) electrons. The molecule has 0 saturated heterocycles. The lowest BCUT2D eigenvalue weighted by Crippen LogP contribution is -2.54. The first-order valence-electron chi connectivity index (χ1n) is 10.8. The number of benzene rings is 2. The summed E-state index contributed by atoms with van der Waals surface area (Å²) in [4.78, 5) is 42.4. The lowest BCUT2D eigenvalue weighted by Gasteiger charge is -2.22. The van der Waals surface area contributed by atoms with Crippen molar-refractivity contribution in [2.24, 2.45) is 13.0 Å². The monoisotopic (exact) mass is 451 g/mol. The number of hydrogen-bond acceptors (Lipinski definition) is 5. The predicted molar refractivity (Wildman–Crippen MR) is 124 cm³/mol. The van der Waals surface area contributed by atoms with Crippen molar-refractivity contribution in [3.05, 3.63) is 59.9 Å². The van der Waals surface area contributed by atoms with E-state index in [-0.39, 0.29) is 12.3 Å². The van der Waals surface area contributed by atoms with Gasteiger partial charge in [0.15, 0.2) is 0 Å². The first-order chi connectivity index (χ1) is 15.8. The summed E-state index contributed by atoms with van der Waals surface area (Å²) in [6.07, 6.45) is -0.00804. The van der Waals surface area contributed by atoms with Crippen molar-refractivity contribution in [2.45, 2.75) is 33.2 Å². The van der Waals surface area contributed by atoms with Gasteiger partial charge in [0.1, 0.15) is 17.6 Å². The second kappa shape index (κ2) is 10.6. The summed E-state index contributed by atoms with van der Waals surface area (Å²) in [6.45, 7) is 5.85. The van der Waals surface area contributed by atoms with Crippen LogP contribution in [0.5, 0.6) is 5.75 Å². The number of hydrogen-bond donors (Lipinski definition) is 3. The highest BCUT2D eigenvalue weighted by Gasteiger charge is 2.26. The lowest BCUT2D eigenvalue weighted by molar-refractivity contribution is -0.130. The molecule has 9 nitrogen and oxygen atoms in total. The van der Waals surface area contributed by atoms with E-state index < -0.39 is 23.8 Å². The van der Waals surface area contributed by atoms with Crippen molar-refractivity contribution < 1.29 is 19.1 Å². The molecular weight excluding hydrogens is 422 g/mol. The smallest absolute Gasteiger partial charge is 0.261 e. The summed E-state index contributed by atoms with van der Waals surface area (Å²) in [7, 11) is 1.83. The quantitative estimate of drug-likeness (QED) is 0.454. The van der Waals surface area contributed by atoms with Gasteiger partial charge >= 0.3 is 0 Å². The molecule has 1 heterocycles. The van der Waals surface area contributed by atoms with Crippen LogP contribution in [-0.2, 0) is 23.1 Å². The van der Waals surface area contributed by atoms with E-state index in [1.807, 2.05) is 42.8 Å². The van der Waals surface area contributed by atoms with Gasteiger partial charge in [0.25, 0.3) is 11.8 Å². The van der Waals surface area contributed by atoms with E-state index >= 15 is 0 Å². The van der Waals surface area contributed by atoms with Crippen LogP contribution in [0, 0.1) is 5.92 Å². The highest BCUT2D eigenvalue weighted by molar-refractivity contribution is 6.00. The Bertz CT molecular complexity index is 1150. The number of ether oxygens (including phenoxy) is 1.